The normalized spacial score (nSPS) is 14.6. The van der Waals surface area contributed by atoms with Gasteiger partial charge < -0.3 is 21.7 Å². The second kappa shape index (κ2) is 7.61. The topological polar surface area (TPSA) is 96.0 Å². The van der Waals surface area contributed by atoms with Gasteiger partial charge in [-0.25, -0.2) is 0 Å². The standard InChI is InChI=1S/C19H24N6/c1-14(22-12-16(21)8-5-10-20)25-11-9-18-17(13-25)19(24-23-18)15-6-3-2-4-7-15/h2-8,10,22H,1,9,11-13,20-21H2,(H,23,24)/b10-5-,16-8-. The molecule has 0 saturated heterocycles. The van der Waals surface area contributed by atoms with Crippen LogP contribution in [0.25, 0.3) is 11.3 Å². The van der Waals surface area contributed by atoms with Crippen LogP contribution in [0.3, 0.4) is 0 Å². The van der Waals surface area contributed by atoms with Gasteiger partial charge in [-0.05, 0) is 18.4 Å². The predicted molar refractivity (Wildman–Crippen MR) is 101 cm³/mol. The Morgan fingerprint density at radius 2 is 2.16 bits per heavy atom. The monoisotopic (exact) mass is 336 g/mol. The molecular weight excluding hydrogens is 312 g/mol. The number of fused-ring (bicyclic) bond motifs is 1. The summed E-state index contributed by atoms with van der Waals surface area (Å²) in [4.78, 5) is 2.22. The highest BCUT2D eigenvalue weighted by Gasteiger charge is 2.23. The van der Waals surface area contributed by atoms with Gasteiger partial charge in [0.05, 0.1) is 18.1 Å². The van der Waals surface area contributed by atoms with E-state index >= 15 is 0 Å². The maximum atomic E-state index is 5.91. The molecule has 1 aromatic carbocycles. The summed E-state index contributed by atoms with van der Waals surface area (Å²) in [5, 5.41) is 11.0. The molecule has 0 spiro atoms. The minimum Gasteiger partial charge on any atom is -0.405 e. The van der Waals surface area contributed by atoms with E-state index in [1.54, 1.807) is 12.2 Å². The first-order valence-electron chi connectivity index (χ1n) is 8.31. The van der Waals surface area contributed by atoms with Crippen LogP contribution in [0.1, 0.15) is 11.3 Å². The van der Waals surface area contributed by atoms with Crippen molar-refractivity contribution in [2.24, 2.45) is 11.5 Å². The Morgan fingerprint density at radius 3 is 2.92 bits per heavy atom. The van der Waals surface area contributed by atoms with Crippen LogP contribution in [-0.2, 0) is 13.0 Å². The third-order valence-corrected chi connectivity index (χ3v) is 4.28. The van der Waals surface area contributed by atoms with E-state index in [4.69, 9.17) is 11.5 Å². The van der Waals surface area contributed by atoms with Gasteiger partial charge in [0.2, 0.25) is 0 Å². The number of benzene rings is 1. The van der Waals surface area contributed by atoms with Gasteiger partial charge in [-0.15, -0.1) is 0 Å². The molecule has 0 amide bonds. The number of nitrogens with zero attached hydrogens (tertiary/aromatic N) is 2. The Labute approximate surface area is 147 Å². The molecule has 1 aliphatic heterocycles. The highest BCUT2D eigenvalue weighted by molar-refractivity contribution is 5.64. The molecule has 0 saturated carbocycles. The summed E-state index contributed by atoms with van der Waals surface area (Å²) in [5.41, 5.74) is 16.5. The minimum absolute atomic E-state index is 0.531. The summed E-state index contributed by atoms with van der Waals surface area (Å²) < 4.78 is 0. The Kier molecular flexibility index (Phi) is 5.09. The fraction of sp³-hybridized carbons (Fsp3) is 0.211. The molecule has 2 aromatic rings. The fourth-order valence-corrected chi connectivity index (χ4v) is 2.91. The molecule has 2 heterocycles. The first kappa shape index (κ1) is 16.7. The minimum atomic E-state index is 0.531. The lowest BCUT2D eigenvalue weighted by Gasteiger charge is -2.31. The van der Waals surface area contributed by atoms with E-state index in [1.807, 2.05) is 18.2 Å². The van der Waals surface area contributed by atoms with Gasteiger partial charge in [0.1, 0.15) is 0 Å². The highest BCUT2D eigenvalue weighted by Crippen LogP contribution is 2.28. The summed E-state index contributed by atoms with van der Waals surface area (Å²) in [6.45, 7) is 6.34. The lowest BCUT2D eigenvalue weighted by atomic mass is 10.0. The Balaban J connectivity index is 1.68. The van der Waals surface area contributed by atoms with E-state index in [-0.39, 0.29) is 0 Å². The third-order valence-electron chi connectivity index (χ3n) is 4.28. The Bertz CT molecular complexity index is 788. The largest absolute Gasteiger partial charge is 0.405 e. The summed E-state index contributed by atoms with van der Waals surface area (Å²) in [6, 6.07) is 10.2. The third kappa shape index (κ3) is 3.85. The van der Waals surface area contributed by atoms with Crippen molar-refractivity contribution in [2.45, 2.75) is 13.0 Å². The molecule has 1 aromatic heterocycles. The smallest absolute Gasteiger partial charge is 0.0973 e. The molecule has 6 nitrogen and oxygen atoms in total. The number of aromatic amines is 1. The van der Waals surface area contributed by atoms with Crippen LogP contribution in [-0.4, -0.2) is 28.2 Å². The SMILES string of the molecule is C=C(NC/C(N)=C/C=C\N)N1CCc2[nH]nc(-c3ccccc3)c2C1. The number of aromatic nitrogens is 2. The molecule has 6 heteroatoms. The van der Waals surface area contributed by atoms with Crippen molar-refractivity contribution in [3.63, 3.8) is 0 Å². The maximum Gasteiger partial charge on any atom is 0.0973 e. The second-order valence-corrected chi connectivity index (χ2v) is 5.99. The van der Waals surface area contributed by atoms with Crippen LogP contribution < -0.4 is 16.8 Å². The van der Waals surface area contributed by atoms with Crippen LogP contribution in [0.5, 0.6) is 0 Å². The van der Waals surface area contributed by atoms with Crippen molar-refractivity contribution in [3.8, 4) is 11.3 Å². The lowest BCUT2D eigenvalue weighted by molar-refractivity contribution is 0.302. The molecule has 0 fully saturated rings. The number of nitrogens with one attached hydrogen (secondary N) is 2. The van der Waals surface area contributed by atoms with Crippen molar-refractivity contribution >= 4 is 0 Å². The molecule has 3 rings (SSSR count). The fourth-order valence-electron chi connectivity index (χ4n) is 2.91. The summed E-state index contributed by atoms with van der Waals surface area (Å²) >= 11 is 0. The average molecular weight is 336 g/mol. The lowest BCUT2D eigenvalue weighted by Crippen LogP contribution is -2.36. The number of rotatable bonds is 6. The summed E-state index contributed by atoms with van der Waals surface area (Å²) in [5.74, 6) is 0.860. The summed E-state index contributed by atoms with van der Waals surface area (Å²) in [6.07, 6.45) is 5.86. The Morgan fingerprint density at radius 1 is 1.36 bits per heavy atom. The van der Waals surface area contributed by atoms with Crippen LogP contribution in [0.2, 0.25) is 0 Å². The molecule has 25 heavy (non-hydrogen) atoms. The zero-order chi connectivity index (χ0) is 17.6. The molecule has 0 unspecified atom stereocenters. The molecule has 0 atom stereocenters. The number of hydrogen-bond donors (Lipinski definition) is 4. The van der Waals surface area contributed by atoms with E-state index in [0.29, 0.717) is 12.2 Å². The van der Waals surface area contributed by atoms with E-state index < -0.39 is 0 Å². The second-order valence-electron chi connectivity index (χ2n) is 5.99. The van der Waals surface area contributed by atoms with Crippen LogP contribution >= 0.6 is 0 Å². The predicted octanol–water partition coefficient (Wildman–Crippen LogP) is 1.81. The molecule has 6 N–H and O–H groups in total. The van der Waals surface area contributed by atoms with Gasteiger partial charge in [-0.1, -0.05) is 36.9 Å². The van der Waals surface area contributed by atoms with Gasteiger partial charge in [-0.2, -0.15) is 5.10 Å². The summed E-state index contributed by atoms with van der Waals surface area (Å²) in [7, 11) is 0. The highest BCUT2D eigenvalue weighted by atomic mass is 15.3. The van der Waals surface area contributed by atoms with E-state index in [2.05, 4.69) is 39.1 Å². The van der Waals surface area contributed by atoms with E-state index in [0.717, 1.165) is 36.6 Å². The van der Waals surface area contributed by atoms with Gasteiger partial charge in [-0.3, -0.25) is 5.10 Å². The average Bonchev–Trinajstić information content (AvgIpc) is 3.08. The zero-order valence-corrected chi connectivity index (χ0v) is 14.2. The number of allylic oxidation sites excluding steroid dienone is 2. The van der Waals surface area contributed by atoms with Crippen LogP contribution in [0.4, 0.5) is 0 Å². The number of nitrogens with two attached hydrogens (primary N) is 2. The maximum absolute atomic E-state index is 5.91. The quantitative estimate of drug-likeness (QED) is 0.603. The van der Waals surface area contributed by atoms with Crippen LogP contribution in [0, 0.1) is 0 Å². The van der Waals surface area contributed by atoms with Crippen molar-refractivity contribution in [3.05, 3.63) is 78.0 Å². The van der Waals surface area contributed by atoms with Crippen molar-refractivity contribution in [2.75, 3.05) is 13.1 Å². The van der Waals surface area contributed by atoms with E-state index in [1.165, 1.54) is 17.5 Å². The van der Waals surface area contributed by atoms with Gasteiger partial charge in [0, 0.05) is 42.0 Å². The molecule has 0 radical (unpaired) electrons. The first-order valence-corrected chi connectivity index (χ1v) is 8.31. The molecule has 130 valence electrons. The van der Waals surface area contributed by atoms with Gasteiger partial charge in [0.25, 0.3) is 0 Å². The van der Waals surface area contributed by atoms with Gasteiger partial charge >= 0.3 is 0 Å². The first-order chi connectivity index (χ1) is 12.2. The molecule has 1 aliphatic rings. The Hall–Kier alpha value is -3.15. The van der Waals surface area contributed by atoms with Crippen molar-refractivity contribution in [1.29, 1.82) is 0 Å². The van der Waals surface area contributed by atoms with Crippen molar-refractivity contribution < 1.29 is 0 Å². The zero-order valence-electron chi connectivity index (χ0n) is 14.2. The molecule has 0 bridgehead atoms. The number of hydrogen-bond acceptors (Lipinski definition) is 5. The van der Waals surface area contributed by atoms with Gasteiger partial charge in [0.15, 0.2) is 0 Å². The molecular formula is C19H24N6. The van der Waals surface area contributed by atoms with Crippen LogP contribution in [0.15, 0.2) is 66.8 Å². The van der Waals surface area contributed by atoms with E-state index in [9.17, 15) is 0 Å². The number of H-pyrrole nitrogens is 1. The molecule has 0 aliphatic carbocycles. The van der Waals surface area contributed by atoms with Crippen molar-refractivity contribution in [1.82, 2.24) is 20.4 Å².